The Bertz CT molecular complexity index is 1820. The highest BCUT2D eigenvalue weighted by atomic mass is 35.5. The summed E-state index contributed by atoms with van der Waals surface area (Å²) in [7, 11) is 1.56. The molecular formula is C35H34Cl2N6O5. The number of nitrogens with one attached hydrogen (secondary N) is 2. The normalized spacial score (nSPS) is 16.8. The molecule has 4 aromatic carbocycles. The topological polar surface area (TPSA) is 150 Å². The van der Waals surface area contributed by atoms with Crippen molar-refractivity contribution in [2.75, 3.05) is 26.9 Å². The van der Waals surface area contributed by atoms with E-state index in [1.165, 1.54) is 0 Å². The zero-order valence-corrected chi connectivity index (χ0v) is 27.6. The van der Waals surface area contributed by atoms with E-state index in [9.17, 15) is 10.3 Å². The molecule has 0 radical (unpaired) electrons. The number of hydrogen-bond acceptors (Lipinski definition) is 8. The molecule has 0 aromatic heterocycles. The highest BCUT2D eigenvalue weighted by molar-refractivity contribution is 6.35. The number of carbonyl (C=O) groups excluding carboxylic acids is 1. The summed E-state index contributed by atoms with van der Waals surface area (Å²) in [6, 6.07) is 26.7. The van der Waals surface area contributed by atoms with Crippen LogP contribution in [-0.4, -0.2) is 49.3 Å². The number of rotatable bonds is 15. The number of aliphatic hydroxyl groups is 1. The summed E-state index contributed by atoms with van der Waals surface area (Å²) in [5, 5.41) is 14.0. The van der Waals surface area contributed by atoms with E-state index in [1.54, 1.807) is 73.8 Å². The Kier molecular flexibility index (Phi) is 11.8. The molecule has 3 N–H and O–H groups in total. The maximum atomic E-state index is 14.5. The van der Waals surface area contributed by atoms with Gasteiger partial charge in [-0.2, -0.15) is 0 Å². The highest BCUT2D eigenvalue weighted by Gasteiger charge is 2.53. The molecular weight excluding hydrogens is 655 g/mol. The van der Waals surface area contributed by atoms with E-state index < -0.39 is 17.6 Å². The first kappa shape index (κ1) is 34.6. The summed E-state index contributed by atoms with van der Waals surface area (Å²) in [6.07, 6.45) is 0.150. The Labute approximate surface area is 288 Å². The van der Waals surface area contributed by atoms with Crippen LogP contribution in [0.5, 0.6) is 11.5 Å². The van der Waals surface area contributed by atoms with Gasteiger partial charge in [-0.25, -0.2) is 10.4 Å². The van der Waals surface area contributed by atoms with Crippen LogP contribution >= 0.6 is 23.2 Å². The smallest absolute Gasteiger partial charge is 0.266 e. The molecule has 0 aliphatic carbocycles. The molecule has 1 aliphatic rings. The number of aliphatic hydroxyl groups excluding tert-OH is 1. The second-order valence-corrected chi connectivity index (χ2v) is 11.8. The predicted octanol–water partition coefficient (Wildman–Crippen LogP) is 7.07. The minimum Gasteiger partial charge on any atom is -0.497 e. The molecule has 0 bridgehead atoms. The van der Waals surface area contributed by atoms with Gasteiger partial charge in [0.15, 0.2) is 11.6 Å². The van der Waals surface area contributed by atoms with Crippen LogP contribution in [0.2, 0.25) is 10.0 Å². The number of amides is 1. The van der Waals surface area contributed by atoms with E-state index in [0.717, 1.165) is 5.56 Å². The first-order valence-electron chi connectivity index (χ1n) is 15.2. The molecule has 0 spiro atoms. The lowest BCUT2D eigenvalue weighted by molar-refractivity contribution is -0.130. The fourth-order valence-corrected chi connectivity index (χ4v) is 5.86. The predicted molar refractivity (Wildman–Crippen MR) is 185 cm³/mol. The molecule has 1 amide bonds. The zero-order chi connectivity index (χ0) is 33.9. The summed E-state index contributed by atoms with van der Waals surface area (Å²) < 4.78 is 17.8. The van der Waals surface area contributed by atoms with Crippen LogP contribution in [0.3, 0.4) is 0 Å². The lowest BCUT2D eigenvalue weighted by atomic mass is 9.81. The van der Waals surface area contributed by atoms with Crippen LogP contribution in [0.15, 0.2) is 101 Å². The van der Waals surface area contributed by atoms with Gasteiger partial charge in [-0.15, -0.1) is 0 Å². The Morgan fingerprint density at radius 2 is 1.85 bits per heavy atom. The molecule has 48 heavy (non-hydrogen) atoms. The SMILES string of the molecule is COc1cccc([C@@H]2OC(c3ccc(OCCCO)cc3)=N[C@]2(Cc2ccccc2N=[N+]=[N-])C(=O)NNCCc2ccc(Cl)cc2Cl)c1. The largest absolute Gasteiger partial charge is 0.497 e. The summed E-state index contributed by atoms with van der Waals surface area (Å²) in [4.78, 5) is 22.5. The number of hydrogen-bond donors (Lipinski definition) is 3. The van der Waals surface area contributed by atoms with Gasteiger partial charge in [0, 0.05) is 52.2 Å². The van der Waals surface area contributed by atoms with E-state index in [0.29, 0.717) is 69.9 Å². The van der Waals surface area contributed by atoms with Gasteiger partial charge in [0.2, 0.25) is 5.90 Å². The van der Waals surface area contributed by atoms with Crippen LogP contribution in [0.1, 0.15) is 34.8 Å². The van der Waals surface area contributed by atoms with E-state index >= 15 is 0 Å². The van der Waals surface area contributed by atoms with Gasteiger partial charge in [0.1, 0.15) is 11.5 Å². The number of ether oxygens (including phenoxy) is 3. The maximum Gasteiger partial charge on any atom is 0.266 e. The fraction of sp³-hybridized carbons (Fsp3) is 0.257. The van der Waals surface area contributed by atoms with Crippen molar-refractivity contribution in [1.82, 2.24) is 10.9 Å². The number of halogens is 2. The molecule has 5 rings (SSSR count). The molecule has 11 nitrogen and oxygen atoms in total. The Hall–Kier alpha value is -4.77. The van der Waals surface area contributed by atoms with E-state index in [-0.39, 0.29) is 18.9 Å². The molecule has 0 saturated heterocycles. The van der Waals surface area contributed by atoms with E-state index in [1.807, 2.05) is 24.3 Å². The first-order chi connectivity index (χ1) is 23.4. The fourth-order valence-electron chi connectivity index (χ4n) is 5.36. The van der Waals surface area contributed by atoms with Crippen molar-refractivity contribution in [3.05, 3.63) is 134 Å². The highest BCUT2D eigenvalue weighted by Crippen LogP contribution is 2.44. The van der Waals surface area contributed by atoms with Crippen LogP contribution in [0.4, 0.5) is 5.69 Å². The van der Waals surface area contributed by atoms with Gasteiger partial charge < -0.3 is 19.3 Å². The Morgan fingerprint density at radius 1 is 1.04 bits per heavy atom. The standard InChI is InChI=1S/C35H34Cl2N6O5/c1-46-29-8-4-7-25(20-29)32-35(22-26-6-2-3-9-31(26)41-43-38,34(45)42-39-17-16-23-10-13-27(36)21-30(23)37)40-33(48-32)24-11-14-28(15-12-24)47-19-5-18-44/h2-4,6-15,20-21,32,39,44H,5,16-19,22H2,1H3,(H,42,45)/t32-,35-/m0/s1. The van der Waals surface area contributed by atoms with Crippen molar-refractivity contribution in [3.63, 3.8) is 0 Å². The number of aliphatic imine (C=N–C) groups is 1. The molecule has 248 valence electrons. The summed E-state index contributed by atoms with van der Waals surface area (Å²) in [5.41, 5.74) is 16.7. The quantitative estimate of drug-likeness (QED) is 0.0400. The number of methoxy groups -OCH3 is 1. The minimum absolute atomic E-state index is 0.0328. The Morgan fingerprint density at radius 3 is 2.60 bits per heavy atom. The van der Waals surface area contributed by atoms with Gasteiger partial charge >= 0.3 is 0 Å². The van der Waals surface area contributed by atoms with Gasteiger partial charge in [-0.3, -0.25) is 10.2 Å². The molecule has 1 heterocycles. The van der Waals surface area contributed by atoms with Crippen LogP contribution in [-0.2, 0) is 22.4 Å². The van der Waals surface area contributed by atoms with Gasteiger partial charge in [-0.1, -0.05) is 70.8 Å². The second-order valence-electron chi connectivity index (χ2n) is 10.9. The average molecular weight is 690 g/mol. The number of azide groups is 1. The molecule has 0 saturated carbocycles. The van der Waals surface area contributed by atoms with Crippen molar-refractivity contribution in [2.24, 2.45) is 10.1 Å². The van der Waals surface area contributed by atoms with E-state index in [2.05, 4.69) is 20.9 Å². The van der Waals surface area contributed by atoms with Crippen LogP contribution in [0.25, 0.3) is 10.4 Å². The molecule has 0 unspecified atom stereocenters. The molecule has 2 atom stereocenters. The summed E-state index contributed by atoms with van der Waals surface area (Å²) >= 11 is 12.4. The van der Waals surface area contributed by atoms with E-state index in [4.69, 9.17) is 47.5 Å². The lowest BCUT2D eigenvalue weighted by Gasteiger charge is -2.31. The van der Waals surface area contributed by atoms with Crippen molar-refractivity contribution >= 4 is 40.7 Å². The van der Waals surface area contributed by atoms with Crippen LogP contribution in [0, 0.1) is 0 Å². The van der Waals surface area contributed by atoms with Crippen LogP contribution < -0.4 is 20.3 Å². The Balaban J connectivity index is 1.53. The first-order valence-corrected chi connectivity index (χ1v) is 16.0. The monoisotopic (exact) mass is 688 g/mol. The summed E-state index contributed by atoms with van der Waals surface area (Å²) in [5.74, 6) is 0.976. The lowest BCUT2D eigenvalue weighted by Crippen LogP contribution is -2.54. The van der Waals surface area contributed by atoms with Gasteiger partial charge in [-0.05, 0) is 77.2 Å². The third kappa shape index (κ3) is 8.20. The average Bonchev–Trinajstić information content (AvgIpc) is 3.49. The van der Waals surface area contributed by atoms with Crippen molar-refractivity contribution in [3.8, 4) is 11.5 Å². The number of nitrogens with zero attached hydrogens (tertiary/aromatic N) is 4. The van der Waals surface area contributed by atoms with Crippen molar-refractivity contribution < 1.29 is 24.1 Å². The number of hydrazine groups is 1. The third-order valence-corrected chi connectivity index (χ3v) is 8.35. The van der Waals surface area contributed by atoms with Gasteiger partial charge in [0.05, 0.1) is 13.7 Å². The number of carbonyl (C=O) groups is 1. The third-order valence-electron chi connectivity index (χ3n) is 7.77. The molecule has 0 fully saturated rings. The zero-order valence-electron chi connectivity index (χ0n) is 26.1. The molecule has 1 aliphatic heterocycles. The minimum atomic E-state index is -1.57. The van der Waals surface area contributed by atoms with Gasteiger partial charge in [0.25, 0.3) is 5.91 Å². The molecule has 13 heteroatoms. The second kappa shape index (κ2) is 16.4. The maximum absolute atomic E-state index is 14.5. The van der Waals surface area contributed by atoms with Crippen molar-refractivity contribution in [2.45, 2.75) is 30.9 Å². The summed E-state index contributed by atoms with van der Waals surface area (Å²) in [6.45, 7) is 0.763. The molecule has 4 aromatic rings. The number of benzene rings is 4. The van der Waals surface area contributed by atoms with Crippen molar-refractivity contribution in [1.29, 1.82) is 0 Å².